The average molecular weight is 1130 g/mol. The van der Waals surface area contributed by atoms with Crippen molar-refractivity contribution < 1.29 is 28.6 Å². The highest BCUT2D eigenvalue weighted by Crippen LogP contribution is 2.14. The van der Waals surface area contributed by atoms with Crippen LogP contribution in [0.4, 0.5) is 0 Å². The first-order chi connectivity index (χ1) is 40.5. The first kappa shape index (κ1) is 76.8. The number of carbonyl (C=O) groups is 3. The minimum atomic E-state index is -0.814. The van der Waals surface area contributed by atoms with E-state index >= 15 is 0 Å². The highest BCUT2D eigenvalue weighted by Gasteiger charge is 2.19. The molecule has 0 aromatic heterocycles. The van der Waals surface area contributed by atoms with E-state index in [9.17, 15) is 14.4 Å². The molecule has 0 aliphatic rings. The molecule has 0 aliphatic heterocycles. The minimum Gasteiger partial charge on any atom is -0.462 e. The molecular formula is C76H120O6. The molecule has 0 bridgehead atoms. The molecule has 0 amide bonds. The van der Waals surface area contributed by atoms with Crippen molar-refractivity contribution >= 4 is 17.9 Å². The Morgan fingerprint density at radius 2 is 0.476 bits per heavy atom. The lowest BCUT2D eigenvalue weighted by atomic mass is 10.1. The second kappa shape index (κ2) is 68.3. The topological polar surface area (TPSA) is 78.9 Å². The van der Waals surface area contributed by atoms with E-state index < -0.39 is 6.10 Å². The Hall–Kier alpha value is -5.23. The van der Waals surface area contributed by atoms with Gasteiger partial charge in [0.2, 0.25) is 0 Å². The van der Waals surface area contributed by atoms with Crippen molar-refractivity contribution in [3.05, 3.63) is 170 Å². The molecule has 0 aromatic carbocycles. The van der Waals surface area contributed by atoms with Gasteiger partial charge >= 0.3 is 17.9 Å². The molecule has 460 valence electrons. The number of hydrogen-bond acceptors (Lipinski definition) is 6. The van der Waals surface area contributed by atoms with E-state index in [0.29, 0.717) is 19.3 Å². The maximum Gasteiger partial charge on any atom is 0.306 e. The smallest absolute Gasteiger partial charge is 0.306 e. The molecule has 6 nitrogen and oxygen atoms in total. The summed E-state index contributed by atoms with van der Waals surface area (Å²) < 4.78 is 16.8. The molecular weight excluding hydrogens is 1010 g/mol. The zero-order valence-corrected chi connectivity index (χ0v) is 52.7. The van der Waals surface area contributed by atoms with Crippen LogP contribution in [0, 0.1) is 0 Å². The number of esters is 3. The molecule has 0 rings (SSSR count). The molecule has 6 heteroatoms. The lowest BCUT2D eigenvalue weighted by molar-refractivity contribution is -0.167. The normalized spacial score (nSPS) is 13.3. The molecule has 0 heterocycles. The Labute approximate surface area is 504 Å². The molecule has 0 aliphatic carbocycles. The Morgan fingerprint density at radius 3 is 0.768 bits per heavy atom. The van der Waals surface area contributed by atoms with Crippen LogP contribution < -0.4 is 0 Å². The number of unbranched alkanes of at least 4 members (excludes halogenated alkanes) is 19. The lowest BCUT2D eigenvalue weighted by Gasteiger charge is -2.18. The number of rotatable bonds is 58. The molecule has 1 atom stereocenters. The van der Waals surface area contributed by atoms with Gasteiger partial charge in [-0.25, -0.2) is 0 Å². The highest BCUT2D eigenvalue weighted by molar-refractivity contribution is 5.71. The van der Waals surface area contributed by atoms with Gasteiger partial charge in [0.15, 0.2) is 6.10 Å². The van der Waals surface area contributed by atoms with E-state index in [1.54, 1.807) is 0 Å². The highest BCUT2D eigenvalue weighted by atomic mass is 16.6. The number of ether oxygens (including phenoxy) is 3. The summed E-state index contributed by atoms with van der Waals surface area (Å²) in [6.07, 6.45) is 101. The third-order valence-electron chi connectivity index (χ3n) is 13.4. The Bertz CT molecular complexity index is 1870. The molecule has 0 spiro atoms. The monoisotopic (exact) mass is 1130 g/mol. The summed E-state index contributed by atoms with van der Waals surface area (Å²) in [6, 6.07) is 0. The van der Waals surface area contributed by atoms with Gasteiger partial charge in [-0.15, -0.1) is 0 Å². The van der Waals surface area contributed by atoms with Crippen LogP contribution in [0.5, 0.6) is 0 Å². The van der Waals surface area contributed by atoms with E-state index in [2.05, 4.69) is 191 Å². The maximum absolute atomic E-state index is 12.9. The van der Waals surface area contributed by atoms with Crippen molar-refractivity contribution in [2.45, 2.75) is 277 Å². The fraction of sp³-hybridized carbons (Fsp3) is 0.592. The van der Waals surface area contributed by atoms with E-state index in [-0.39, 0.29) is 31.1 Å². The third kappa shape index (κ3) is 65.6. The molecule has 0 aromatic rings. The summed E-state index contributed by atoms with van der Waals surface area (Å²) in [5, 5.41) is 0. The number of hydrogen-bond donors (Lipinski definition) is 0. The summed E-state index contributed by atoms with van der Waals surface area (Å²) >= 11 is 0. The fourth-order valence-electron chi connectivity index (χ4n) is 8.54. The lowest BCUT2D eigenvalue weighted by Crippen LogP contribution is -2.30. The molecule has 0 saturated carbocycles. The van der Waals surface area contributed by atoms with E-state index in [1.807, 2.05) is 0 Å². The van der Waals surface area contributed by atoms with Crippen molar-refractivity contribution in [3.8, 4) is 0 Å². The molecule has 82 heavy (non-hydrogen) atoms. The van der Waals surface area contributed by atoms with E-state index in [4.69, 9.17) is 14.2 Å². The van der Waals surface area contributed by atoms with Crippen LogP contribution in [0.2, 0.25) is 0 Å². The van der Waals surface area contributed by atoms with Gasteiger partial charge in [-0.1, -0.05) is 268 Å². The van der Waals surface area contributed by atoms with Crippen molar-refractivity contribution in [2.75, 3.05) is 13.2 Å². The predicted octanol–water partition coefficient (Wildman–Crippen LogP) is 23.0. The summed E-state index contributed by atoms with van der Waals surface area (Å²) in [5.41, 5.74) is 0. The summed E-state index contributed by atoms with van der Waals surface area (Å²) in [7, 11) is 0. The Morgan fingerprint density at radius 1 is 0.256 bits per heavy atom. The van der Waals surface area contributed by atoms with E-state index in [1.165, 1.54) is 57.8 Å². The van der Waals surface area contributed by atoms with Crippen LogP contribution >= 0.6 is 0 Å². The van der Waals surface area contributed by atoms with Crippen molar-refractivity contribution in [1.82, 2.24) is 0 Å². The maximum atomic E-state index is 12.9. The third-order valence-corrected chi connectivity index (χ3v) is 13.4. The van der Waals surface area contributed by atoms with Gasteiger partial charge in [0, 0.05) is 19.3 Å². The molecule has 0 radical (unpaired) electrons. The van der Waals surface area contributed by atoms with Crippen LogP contribution in [-0.4, -0.2) is 37.2 Å². The zero-order valence-electron chi connectivity index (χ0n) is 52.7. The summed E-state index contributed by atoms with van der Waals surface area (Å²) in [5.74, 6) is -0.975. The molecule has 1 unspecified atom stereocenters. The van der Waals surface area contributed by atoms with Crippen LogP contribution in [0.1, 0.15) is 271 Å². The molecule has 0 saturated heterocycles. The largest absolute Gasteiger partial charge is 0.462 e. The number of allylic oxidation sites excluding steroid dienone is 28. The average Bonchev–Trinajstić information content (AvgIpc) is 3.47. The van der Waals surface area contributed by atoms with Crippen LogP contribution in [-0.2, 0) is 28.6 Å². The predicted molar refractivity (Wildman–Crippen MR) is 357 cm³/mol. The fourth-order valence-corrected chi connectivity index (χ4v) is 8.54. The second-order valence-corrected chi connectivity index (χ2v) is 21.3. The van der Waals surface area contributed by atoms with Gasteiger partial charge in [0.05, 0.1) is 0 Å². The van der Waals surface area contributed by atoms with Gasteiger partial charge < -0.3 is 14.2 Å². The second-order valence-electron chi connectivity index (χ2n) is 21.3. The van der Waals surface area contributed by atoms with Gasteiger partial charge in [-0.3, -0.25) is 14.4 Å². The van der Waals surface area contributed by atoms with Gasteiger partial charge in [-0.2, -0.15) is 0 Å². The minimum absolute atomic E-state index is 0.111. The van der Waals surface area contributed by atoms with Crippen LogP contribution in [0.15, 0.2) is 170 Å². The first-order valence-electron chi connectivity index (χ1n) is 33.1. The van der Waals surface area contributed by atoms with Crippen LogP contribution in [0.25, 0.3) is 0 Å². The summed E-state index contributed by atoms with van der Waals surface area (Å²) in [4.78, 5) is 38.3. The van der Waals surface area contributed by atoms with Gasteiger partial charge in [-0.05, 0) is 154 Å². The van der Waals surface area contributed by atoms with Crippen LogP contribution in [0.3, 0.4) is 0 Å². The molecule has 0 fully saturated rings. The quantitative estimate of drug-likeness (QED) is 0.0261. The van der Waals surface area contributed by atoms with Gasteiger partial charge in [0.25, 0.3) is 0 Å². The Balaban J connectivity index is 4.36. The zero-order chi connectivity index (χ0) is 59.2. The SMILES string of the molecule is CC/C=C\C/C=C\C/C=C\C/C=C\C/C=C\C/C=C\C/C=C\C/C=C\C/C=C\C/C=C\CCCCCCC(=O)OCC(COC(=O)CCCCC/C=C\C/C=C\C/C=C\CC)OC(=O)CCCCCCC/C=C\CCCCCCCCC. The number of carbonyl (C=O) groups excluding carboxylic acids is 3. The van der Waals surface area contributed by atoms with Crippen molar-refractivity contribution in [2.24, 2.45) is 0 Å². The van der Waals surface area contributed by atoms with Crippen molar-refractivity contribution in [1.29, 1.82) is 0 Å². The van der Waals surface area contributed by atoms with Crippen molar-refractivity contribution in [3.63, 3.8) is 0 Å². The van der Waals surface area contributed by atoms with Gasteiger partial charge in [0.1, 0.15) is 13.2 Å². The summed E-state index contributed by atoms with van der Waals surface area (Å²) in [6.45, 7) is 6.35. The Kier molecular flexibility index (Phi) is 63.9. The van der Waals surface area contributed by atoms with E-state index in [0.717, 1.165) is 173 Å². The molecule has 0 N–H and O–H groups in total. The standard InChI is InChI=1S/C76H120O6/c1-4-7-10-13-16-19-22-25-27-29-30-31-32-33-34-35-36-37-38-39-40-41-42-43-44-45-46-47-49-51-54-57-60-63-66-69-75(78)81-72-73(71-80-74(77)68-65-62-59-56-53-50-24-21-18-15-12-9-6-3)82-76(79)70-67-64-61-58-55-52-48-28-26-23-20-17-14-11-8-5-2/h7,9-10,12,16,18-19,21,25,27-28,30-31,33-34,36-37,39-40,42-43,45-46,48-51,53,73H,4-6,8,11,13-15,17,20,22-24,26,29,32,35,38,41,44,47,52,54-72H2,1-3H3/b10-7-,12-9-,19-16-,21-18-,27-25-,31-30-,34-33-,37-36-,40-39-,43-42-,46-45-,48-28-,51-49-,53-50-. The first-order valence-corrected chi connectivity index (χ1v) is 33.1.